The van der Waals surface area contributed by atoms with Crippen molar-refractivity contribution < 1.29 is 14.7 Å². The maximum absolute atomic E-state index is 12.2. The van der Waals surface area contributed by atoms with Crippen LogP contribution < -0.4 is 5.32 Å². The zero-order valence-corrected chi connectivity index (χ0v) is 14.1. The van der Waals surface area contributed by atoms with Crippen molar-refractivity contribution in [2.24, 2.45) is 5.92 Å². The van der Waals surface area contributed by atoms with Gasteiger partial charge in [0.05, 0.1) is 6.04 Å². The van der Waals surface area contributed by atoms with Gasteiger partial charge >= 0.3 is 0 Å². The van der Waals surface area contributed by atoms with Gasteiger partial charge in [-0.05, 0) is 11.1 Å². The predicted molar refractivity (Wildman–Crippen MR) is 94.5 cm³/mol. The number of hydrogen-bond acceptors (Lipinski definition) is 3. The molecule has 0 bridgehead atoms. The third kappa shape index (κ3) is 3.72. The van der Waals surface area contributed by atoms with Crippen molar-refractivity contribution in [3.8, 4) is 0 Å². The van der Waals surface area contributed by atoms with E-state index in [1.807, 2.05) is 36.4 Å². The molecular formula is C20H22N2O3. The zero-order chi connectivity index (χ0) is 17.8. The fourth-order valence-electron chi connectivity index (χ4n) is 3.40. The molecular weight excluding hydrogens is 316 g/mol. The molecule has 1 aliphatic rings. The molecule has 0 spiro atoms. The lowest BCUT2D eigenvalue weighted by Crippen LogP contribution is -2.35. The van der Waals surface area contributed by atoms with Crippen LogP contribution in [-0.4, -0.2) is 35.4 Å². The third-order valence-corrected chi connectivity index (χ3v) is 4.74. The highest BCUT2D eigenvalue weighted by molar-refractivity contribution is 5.82. The van der Waals surface area contributed by atoms with E-state index in [0.29, 0.717) is 18.5 Å². The first-order valence-electron chi connectivity index (χ1n) is 8.39. The summed E-state index contributed by atoms with van der Waals surface area (Å²) in [7, 11) is 1.79. The Hall–Kier alpha value is -2.66. The minimum atomic E-state index is -1.20. The van der Waals surface area contributed by atoms with E-state index < -0.39 is 12.0 Å². The maximum atomic E-state index is 12.2. The Bertz CT molecular complexity index is 733. The van der Waals surface area contributed by atoms with E-state index in [1.54, 1.807) is 36.2 Å². The van der Waals surface area contributed by atoms with Crippen molar-refractivity contribution >= 4 is 11.8 Å². The molecule has 0 aromatic heterocycles. The van der Waals surface area contributed by atoms with Crippen molar-refractivity contribution in [2.45, 2.75) is 18.6 Å². The second kappa shape index (κ2) is 7.49. The summed E-state index contributed by atoms with van der Waals surface area (Å²) in [5, 5.41) is 13.0. The van der Waals surface area contributed by atoms with Gasteiger partial charge in [0.15, 0.2) is 6.10 Å². The molecule has 2 aromatic carbocycles. The Labute approximate surface area is 147 Å². The van der Waals surface area contributed by atoms with Crippen molar-refractivity contribution in [3.05, 3.63) is 71.8 Å². The van der Waals surface area contributed by atoms with E-state index in [1.165, 1.54) is 0 Å². The van der Waals surface area contributed by atoms with E-state index in [-0.39, 0.29) is 17.9 Å². The Kier molecular flexibility index (Phi) is 5.14. The average Bonchev–Trinajstić information content (AvgIpc) is 2.94. The summed E-state index contributed by atoms with van der Waals surface area (Å²) < 4.78 is 0. The number of nitrogens with one attached hydrogen (secondary N) is 1. The molecule has 25 heavy (non-hydrogen) atoms. The van der Waals surface area contributed by atoms with Crippen LogP contribution in [0.4, 0.5) is 0 Å². The predicted octanol–water partition coefficient (Wildman–Crippen LogP) is 2.06. The lowest BCUT2D eigenvalue weighted by Gasteiger charge is -2.26. The molecule has 130 valence electrons. The highest BCUT2D eigenvalue weighted by Gasteiger charge is 2.38. The highest BCUT2D eigenvalue weighted by atomic mass is 16.3. The van der Waals surface area contributed by atoms with Crippen LogP contribution in [0.1, 0.15) is 29.7 Å². The highest BCUT2D eigenvalue weighted by Crippen LogP contribution is 2.36. The van der Waals surface area contributed by atoms with E-state index in [4.69, 9.17) is 0 Å². The molecule has 3 atom stereocenters. The van der Waals surface area contributed by atoms with Crippen molar-refractivity contribution in [1.82, 2.24) is 10.2 Å². The number of aliphatic hydroxyl groups excluding tert-OH is 1. The SMILES string of the molecule is CN1C(=O)C[C@H](CNC(=O)[C@@H](O)c2ccccc2)[C@@H]1c1ccccc1. The number of carbonyl (C=O) groups is 2. The van der Waals surface area contributed by atoms with Gasteiger partial charge in [-0.1, -0.05) is 60.7 Å². The second-order valence-corrected chi connectivity index (χ2v) is 6.38. The Balaban J connectivity index is 1.67. The largest absolute Gasteiger partial charge is 0.378 e. The number of rotatable bonds is 5. The monoisotopic (exact) mass is 338 g/mol. The summed E-state index contributed by atoms with van der Waals surface area (Å²) in [5.74, 6) is -0.399. The quantitative estimate of drug-likeness (QED) is 0.877. The van der Waals surface area contributed by atoms with Crippen molar-refractivity contribution in [1.29, 1.82) is 0 Å². The normalized spacial score (nSPS) is 21.2. The summed E-state index contributed by atoms with van der Waals surface area (Å²) in [6, 6.07) is 18.6. The number of carbonyl (C=O) groups excluding carboxylic acids is 2. The Morgan fingerprint density at radius 1 is 1.16 bits per heavy atom. The summed E-state index contributed by atoms with van der Waals surface area (Å²) in [6.07, 6.45) is -0.816. The molecule has 0 aliphatic carbocycles. The van der Waals surface area contributed by atoms with Crippen LogP contribution in [0.25, 0.3) is 0 Å². The minimum absolute atomic E-state index is 0.0215. The second-order valence-electron chi connectivity index (χ2n) is 6.38. The Morgan fingerprint density at radius 2 is 1.76 bits per heavy atom. The molecule has 2 aromatic rings. The van der Waals surface area contributed by atoms with Gasteiger partial charge < -0.3 is 15.3 Å². The molecule has 2 N–H and O–H groups in total. The van der Waals surface area contributed by atoms with Gasteiger partial charge in [0.25, 0.3) is 5.91 Å². The first-order valence-corrected chi connectivity index (χ1v) is 8.39. The molecule has 1 fully saturated rings. The number of amides is 2. The van der Waals surface area contributed by atoms with Crippen LogP contribution in [0.15, 0.2) is 60.7 Å². The molecule has 2 amide bonds. The smallest absolute Gasteiger partial charge is 0.253 e. The fraction of sp³-hybridized carbons (Fsp3) is 0.300. The minimum Gasteiger partial charge on any atom is -0.378 e. The van der Waals surface area contributed by atoms with Crippen LogP contribution in [0.3, 0.4) is 0 Å². The van der Waals surface area contributed by atoms with Crippen LogP contribution in [0.5, 0.6) is 0 Å². The lowest BCUT2D eigenvalue weighted by atomic mass is 9.93. The zero-order valence-electron chi connectivity index (χ0n) is 14.1. The maximum Gasteiger partial charge on any atom is 0.253 e. The van der Waals surface area contributed by atoms with Crippen LogP contribution in [0, 0.1) is 5.92 Å². The van der Waals surface area contributed by atoms with E-state index in [2.05, 4.69) is 5.32 Å². The van der Waals surface area contributed by atoms with Gasteiger partial charge in [0.2, 0.25) is 5.91 Å². The Morgan fingerprint density at radius 3 is 2.40 bits per heavy atom. The van der Waals surface area contributed by atoms with Gasteiger partial charge in [0.1, 0.15) is 0 Å². The van der Waals surface area contributed by atoms with Crippen LogP contribution in [0.2, 0.25) is 0 Å². The van der Waals surface area contributed by atoms with E-state index >= 15 is 0 Å². The molecule has 0 unspecified atom stereocenters. The molecule has 5 nitrogen and oxygen atoms in total. The topological polar surface area (TPSA) is 69.6 Å². The number of hydrogen-bond donors (Lipinski definition) is 2. The molecule has 1 heterocycles. The van der Waals surface area contributed by atoms with Crippen molar-refractivity contribution in [2.75, 3.05) is 13.6 Å². The van der Waals surface area contributed by atoms with Crippen LogP contribution in [-0.2, 0) is 9.59 Å². The number of benzene rings is 2. The summed E-state index contributed by atoms with van der Waals surface area (Å²) >= 11 is 0. The molecule has 5 heteroatoms. The van der Waals surface area contributed by atoms with E-state index in [0.717, 1.165) is 5.56 Å². The molecule has 3 rings (SSSR count). The molecule has 1 saturated heterocycles. The van der Waals surface area contributed by atoms with Crippen LogP contribution >= 0.6 is 0 Å². The summed E-state index contributed by atoms with van der Waals surface area (Å²) in [4.78, 5) is 26.1. The average molecular weight is 338 g/mol. The van der Waals surface area contributed by atoms with Gasteiger partial charge in [-0.3, -0.25) is 9.59 Å². The van der Waals surface area contributed by atoms with Crippen molar-refractivity contribution in [3.63, 3.8) is 0 Å². The summed E-state index contributed by atoms with van der Waals surface area (Å²) in [5.41, 5.74) is 1.61. The number of likely N-dealkylation sites (tertiary alicyclic amines) is 1. The summed E-state index contributed by atoms with van der Waals surface area (Å²) in [6.45, 7) is 0.346. The number of aliphatic hydroxyl groups is 1. The first kappa shape index (κ1) is 17.2. The first-order chi connectivity index (χ1) is 12.1. The van der Waals surface area contributed by atoms with Gasteiger partial charge in [0, 0.05) is 25.9 Å². The fourth-order valence-corrected chi connectivity index (χ4v) is 3.40. The van der Waals surface area contributed by atoms with E-state index in [9.17, 15) is 14.7 Å². The third-order valence-electron chi connectivity index (χ3n) is 4.74. The van der Waals surface area contributed by atoms with Gasteiger partial charge in [-0.15, -0.1) is 0 Å². The standard InChI is InChI=1S/C20H22N2O3/c1-22-17(23)12-16(18(22)14-8-4-2-5-9-14)13-21-20(25)19(24)15-10-6-3-7-11-15/h2-11,16,18-19,24H,12-13H2,1H3,(H,21,25)/t16-,18+,19+/m1/s1. The lowest BCUT2D eigenvalue weighted by molar-refractivity contribution is -0.130. The van der Waals surface area contributed by atoms with Gasteiger partial charge in [-0.2, -0.15) is 0 Å². The number of nitrogens with zero attached hydrogens (tertiary/aromatic N) is 1. The molecule has 0 radical (unpaired) electrons. The molecule has 1 aliphatic heterocycles. The molecule has 0 saturated carbocycles. The van der Waals surface area contributed by atoms with Gasteiger partial charge in [-0.25, -0.2) is 0 Å².